The van der Waals surface area contributed by atoms with E-state index < -0.39 is 11.7 Å². The molecule has 0 bridgehead atoms. The highest BCUT2D eigenvalue weighted by atomic mass is 19.3. The number of carbonyl (C=O) groups is 2. The van der Waals surface area contributed by atoms with Crippen molar-refractivity contribution < 1.29 is 27.8 Å². The van der Waals surface area contributed by atoms with Crippen molar-refractivity contribution in [2.45, 2.75) is 51.4 Å². The van der Waals surface area contributed by atoms with Crippen molar-refractivity contribution in [1.29, 1.82) is 0 Å². The molecule has 186 valence electrons. The van der Waals surface area contributed by atoms with Crippen molar-refractivity contribution >= 4 is 17.5 Å². The molecule has 10 heteroatoms. The van der Waals surface area contributed by atoms with Gasteiger partial charge in [-0.3, -0.25) is 14.4 Å². The third kappa shape index (κ3) is 4.34. The normalized spacial score (nSPS) is 16.4. The van der Waals surface area contributed by atoms with E-state index in [0.29, 0.717) is 41.9 Å². The number of benzene rings is 1. The van der Waals surface area contributed by atoms with Gasteiger partial charge >= 0.3 is 6.29 Å². The standard InChI is InChI=1S/C26H23F2N3O5/c1-3-18(32)14-31-11-8-16(12-22(31)33)23-15(2)4-7-21(29-23)30-24(34)25(9-10-25)17-5-6-19-20(13-17)36-26(27,28)35-19/h4-8,11-13H,3,9-10,14H2,1-2H3,(H,29,30,34). The topological polar surface area (TPSA) is 99.5 Å². The van der Waals surface area contributed by atoms with E-state index in [0.717, 1.165) is 5.56 Å². The molecule has 3 heterocycles. The molecule has 36 heavy (non-hydrogen) atoms. The van der Waals surface area contributed by atoms with Crippen molar-refractivity contribution in [3.8, 4) is 22.8 Å². The lowest BCUT2D eigenvalue weighted by molar-refractivity contribution is -0.286. The van der Waals surface area contributed by atoms with E-state index in [2.05, 4.69) is 19.8 Å². The minimum Gasteiger partial charge on any atom is -0.395 e. The molecule has 8 nitrogen and oxygen atoms in total. The predicted molar refractivity (Wildman–Crippen MR) is 126 cm³/mol. The van der Waals surface area contributed by atoms with Crippen LogP contribution in [0.4, 0.5) is 14.6 Å². The molecule has 1 N–H and O–H groups in total. The van der Waals surface area contributed by atoms with Crippen LogP contribution in [0.25, 0.3) is 11.3 Å². The first-order valence-electron chi connectivity index (χ1n) is 11.5. The molecule has 0 unspecified atom stereocenters. The second-order valence-corrected chi connectivity index (χ2v) is 9.00. The van der Waals surface area contributed by atoms with Crippen molar-refractivity contribution in [2.24, 2.45) is 0 Å². The highest BCUT2D eigenvalue weighted by Gasteiger charge is 2.53. The van der Waals surface area contributed by atoms with Gasteiger partial charge in [-0.05, 0) is 55.2 Å². The van der Waals surface area contributed by atoms with E-state index in [-0.39, 0.29) is 35.3 Å². The minimum absolute atomic E-state index is 0.0116. The molecule has 1 saturated carbocycles. The van der Waals surface area contributed by atoms with Crippen LogP contribution >= 0.6 is 0 Å². The van der Waals surface area contributed by atoms with Crippen LogP contribution < -0.4 is 20.3 Å². The molecular weight excluding hydrogens is 472 g/mol. The summed E-state index contributed by atoms with van der Waals surface area (Å²) in [6.45, 7) is 3.59. The second kappa shape index (κ2) is 8.54. The van der Waals surface area contributed by atoms with Crippen LogP contribution in [0.3, 0.4) is 0 Å². The van der Waals surface area contributed by atoms with Gasteiger partial charge in [-0.2, -0.15) is 0 Å². The van der Waals surface area contributed by atoms with Gasteiger partial charge < -0.3 is 19.4 Å². The van der Waals surface area contributed by atoms with E-state index in [4.69, 9.17) is 0 Å². The van der Waals surface area contributed by atoms with Crippen molar-refractivity contribution in [3.05, 3.63) is 70.1 Å². The number of nitrogens with zero attached hydrogens (tertiary/aromatic N) is 2. The maximum absolute atomic E-state index is 13.4. The highest BCUT2D eigenvalue weighted by molar-refractivity contribution is 6.01. The number of carbonyl (C=O) groups excluding carboxylic acids is 2. The van der Waals surface area contributed by atoms with Crippen LogP contribution in [0.2, 0.25) is 0 Å². The van der Waals surface area contributed by atoms with Crippen LogP contribution in [0, 0.1) is 6.92 Å². The molecule has 1 amide bonds. The summed E-state index contributed by atoms with van der Waals surface area (Å²) in [5.74, 6) is -0.254. The number of halogens is 2. The average Bonchev–Trinajstić information content (AvgIpc) is 3.58. The fraction of sp³-hybridized carbons (Fsp3) is 0.308. The monoisotopic (exact) mass is 495 g/mol. The molecule has 5 rings (SSSR count). The molecular formula is C26H23F2N3O5. The number of aryl methyl sites for hydroxylation is 1. The number of alkyl halides is 2. The number of Topliss-reactive ketones (excluding diaryl/α,β-unsaturated/α-hetero) is 1. The number of ketones is 1. The number of rotatable bonds is 7. The molecule has 0 radical (unpaired) electrons. The number of amides is 1. The molecule has 1 fully saturated rings. The Hall–Kier alpha value is -4.08. The summed E-state index contributed by atoms with van der Waals surface area (Å²) in [6, 6.07) is 10.9. The molecule has 1 aliphatic heterocycles. The van der Waals surface area contributed by atoms with E-state index in [1.165, 1.54) is 22.8 Å². The van der Waals surface area contributed by atoms with Gasteiger partial charge in [0, 0.05) is 24.2 Å². The molecule has 3 aromatic rings. The second-order valence-electron chi connectivity index (χ2n) is 9.00. The van der Waals surface area contributed by atoms with Crippen LogP contribution in [0.1, 0.15) is 37.3 Å². The van der Waals surface area contributed by atoms with Gasteiger partial charge in [-0.15, -0.1) is 8.78 Å². The quantitative estimate of drug-likeness (QED) is 0.528. The van der Waals surface area contributed by atoms with Gasteiger partial charge in [0.25, 0.3) is 5.56 Å². The molecule has 2 aliphatic rings. The average molecular weight is 495 g/mol. The fourth-order valence-corrected chi connectivity index (χ4v) is 4.23. The van der Waals surface area contributed by atoms with Gasteiger partial charge in [0.15, 0.2) is 17.3 Å². The fourth-order valence-electron chi connectivity index (χ4n) is 4.23. The van der Waals surface area contributed by atoms with Crippen LogP contribution in [0.15, 0.2) is 53.5 Å². The first kappa shape index (κ1) is 23.7. The third-order valence-electron chi connectivity index (χ3n) is 6.49. The Morgan fingerprint density at radius 3 is 2.53 bits per heavy atom. The molecule has 0 saturated heterocycles. The minimum atomic E-state index is -3.73. The van der Waals surface area contributed by atoms with Gasteiger partial charge in [-0.1, -0.05) is 19.1 Å². The van der Waals surface area contributed by atoms with E-state index in [9.17, 15) is 23.2 Å². The van der Waals surface area contributed by atoms with Crippen molar-refractivity contribution in [2.75, 3.05) is 5.32 Å². The Morgan fingerprint density at radius 1 is 1.08 bits per heavy atom. The summed E-state index contributed by atoms with van der Waals surface area (Å²) < 4.78 is 37.1. The largest absolute Gasteiger partial charge is 0.586 e. The lowest BCUT2D eigenvalue weighted by Crippen LogP contribution is -2.28. The Bertz CT molecular complexity index is 1450. The molecule has 0 atom stereocenters. The van der Waals surface area contributed by atoms with Crippen molar-refractivity contribution in [3.63, 3.8) is 0 Å². The first-order valence-corrected chi connectivity index (χ1v) is 11.5. The Balaban J connectivity index is 1.37. The summed E-state index contributed by atoms with van der Waals surface area (Å²) >= 11 is 0. The number of fused-ring (bicyclic) bond motifs is 1. The molecule has 1 aromatic carbocycles. The zero-order valence-electron chi connectivity index (χ0n) is 19.6. The number of ether oxygens (including phenoxy) is 2. The van der Waals surface area contributed by atoms with Gasteiger partial charge in [-0.25, -0.2) is 4.98 Å². The smallest absolute Gasteiger partial charge is 0.395 e. The SMILES string of the molecule is CCC(=O)Cn1ccc(-c2nc(NC(=O)C3(c4ccc5c(c4)OC(F)(F)O5)CC3)ccc2C)cc1=O. The number of pyridine rings is 2. The first-order chi connectivity index (χ1) is 17.1. The summed E-state index contributed by atoms with van der Waals surface area (Å²) in [6.07, 6.45) is -0.740. The summed E-state index contributed by atoms with van der Waals surface area (Å²) in [4.78, 5) is 42.0. The Morgan fingerprint density at radius 2 is 1.83 bits per heavy atom. The maximum atomic E-state index is 13.4. The van der Waals surface area contributed by atoms with E-state index in [1.807, 2.05) is 6.92 Å². The lowest BCUT2D eigenvalue weighted by Gasteiger charge is -2.17. The van der Waals surface area contributed by atoms with E-state index >= 15 is 0 Å². The summed E-state index contributed by atoms with van der Waals surface area (Å²) in [5.41, 5.74) is 1.23. The molecule has 1 aliphatic carbocycles. The predicted octanol–water partition coefficient (Wildman–Crippen LogP) is 4.19. The lowest BCUT2D eigenvalue weighted by atomic mass is 9.94. The summed E-state index contributed by atoms with van der Waals surface area (Å²) in [7, 11) is 0. The number of hydrogen-bond donors (Lipinski definition) is 1. The highest BCUT2D eigenvalue weighted by Crippen LogP contribution is 2.52. The zero-order chi connectivity index (χ0) is 25.7. The van der Waals surface area contributed by atoms with Gasteiger partial charge in [0.05, 0.1) is 17.7 Å². The Labute approximate surface area is 204 Å². The summed E-state index contributed by atoms with van der Waals surface area (Å²) in [5, 5.41) is 2.83. The van der Waals surface area contributed by atoms with Crippen LogP contribution in [0.5, 0.6) is 11.5 Å². The van der Waals surface area contributed by atoms with Gasteiger partial charge in [0.1, 0.15) is 5.82 Å². The number of hydrogen-bond acceptors (Lipinski definition) is 6. The number of anilines is 1. The van der Waals surface area contributed by atoms with Crippen molar-refractivity contribution in [1.82, 2.24) is 9.55 Å². The Kier molecular flexibility index (Phi) is 5.61. The molecule has 2 aromatic heterocycles. The zero-order valence-corrected chi connectivity index (χ0v) is 19.6. The number of aromatic nitrogens is 2. The third-order valence-corrected chi connectivity index (χ3v) is 6.49. The van der Waals surface area contributed by atoms with Crippen LogP contribution in [-0.2, 0) is 21.5 Å². The maximum Gasteiger partial charge on any atom is 0.586 e. The van der Waals surface area contributed by atoms with E-state index in [1.54, 1.807) is 37.4 Å². The molecule has 0 spiro atoms. The van der Waals surface area contributed by atoms with Crippen LogP contribution in [-0.4, -0.2) is 27.5 Å². The van der Waals surface area contributed by atoms with Gasteiger partial charge in [0.2, 0.25) is 5.91 Å². The number of nitrogens with one attached hydrogen (secondary N) is 1.